The number of halogens is 2. The number of benzene rings is 2. The van der Waals surface area contributed by atoms with E-state index in [1.165, 1.54) is 0 Å². The van der Waals surface area contributed by atoms with E-state index in [1.807, 2.05) is 0 Å². The highest BCUT2D eigenvalue weighted by Gasteiger charge is 2.13. The lowest BCUT2D eigenvalue weighted by molar-refractivity contribution is 0.0501. The third-order valence-electron chi connectivity index (χ3n) is 3.58. The van der Waals surface area contributed by atoms with Crippen LogP contribution in [0.4, 0.5) is 0 Å². The molecule has 0 spiro atoms. The van der Waals surface area contributed by atoms with Crippen molar-refractivity contribution in [2.75, 3.05) is 13.2 Å². The molecule has 26 heavy (non-hydrogen) atoms. The zero-order valence-corrected chi connectivity index (χ0v) is 15.3. The number of esters is 1. The smallest absolute Gasteiger partial charge is 0.338 e. The SMILES string of the molecule is C=CNCCCOC(=O)c1ccc2nc(-c3cc(Cl)cc(Cl)c3)oc2c1. The number of rotatable bonds is 7. The molecule has 7 heteroatoms. The van der Waals surface area contributed by atoms with Crippen molar-refractivity contribution in [2.45, 2.75) is 6.42 Å². The van der Waals surface area contributed by atoms with E-state index in [0.29, 0.717) is 57.7 Å². The summed E-state index contributed by atoms with van der Waals surface area (Å²) in [7, 11) is 0. The fourth-order valence-corrected chi connectivity index (χ4v) is 2.90. The minimum Gasteiger partial charge on any atom is -0.462 e. The third-order valence-corrected chi connectivity index (χ3v) is 4.01. The lowest BCUT2D eigenvalue weighted by atomic mass is 10.2. The zero-order chi connectivity index (χ0) is 18.5. The molecule has 1 aromatic heterocycles. The predicted octanol–water partition coefficient (Wildman–Crippen LogP) is 5.08. The van der Waals surface area contributed by atoms with E-state index in [2.05, 4.69) is 16.9 Å². The highest BCUT2D eigenvalue weighted by atomic mass is 35.5. The van der Waals surface area contributed by atoms with Gasteiger partial charge in [-0.05, 0) is 49.0 Å². The molecule has 3 rings (SSSR count). The first-order valence-corrected chi connectivity index (χ1v) is 8.71. The molecule has 0 unspecified atom stereocenters. The molecule has 0 aliphatic carbocycles. The number of carbonyl (C=O) groups is 1. The first-order valence-electron chi connectivity index (χ1n) is 7.95. The fraction of sp³-hybridized carbons (Fsp3) is 0.158. The summed E-state index contributed by atoms with van der Waals surface area (Å²) in [6.45, 7) is 4.57. The molecule has 2 aromatic carbocycles. The molecule has 3 aromatic rings. The second-order valence-corrected chi connectivity index (χ2v) is 6.38. The Kier molecular flexibility index (Phi) is 5.81. The molecule has 0 radical (unpaired) electrons. The van der Waals surface area contributed by atoms with Crippen molar-refractivity contribution in [3.8, 4) is 11.5 Å². The van der Waals surface area contributed by atoms with E-state index in [4.69, 9.17) is 32.4 Å². The van der Waals surface area contributed by atoms with Gasteiger partial charge in [-0.2, -0.15) is 0 Å². The summed E-state index contributed by atoms with van der Waals surface area (Å²) >= 11 is 12.0. The fourth-order valence-electron chi connectivity index (χ4n) is 2.38. The minimum absolute atomic E-state index is 0.320. The summed E-state index contributed by atoms with van der Waals surface area (Å²) in [6, 6.07) is 10.0. The van der Waals surface area contributed by atoms with Crippen LogP contribution in [0.5, 0.6) is 0 Å². The zero-order valence-electron chi connectivity index (χ0n) is 13.8. The van der Waals surface area contributed by atoms with Gasteiger partial charge in [-0.25, -0.2) is 9.78 Å². The molecule has 0 saturated heterocycles. The van der Waals surface area contributed by atoms with E-state index < -0.39 is 5.97 Å². The van der Waals surface area contributed by atoms with Crippen LogP contribution in [0.15, 0.2) is 53.6 Å². The lowest BCUT2D eigenvalue weighted by Crippen LogP contribution is -2.12. The van der Waals surface area contributed by atoms with Gasteiger partial charge in [0.1, 0.15) is 5.52 Å². The molecule has 0 amide bonds. The van der Waals surface area contributed by atoms with Gasteiger partial charge < -0.3 is 14.5 Å². The average molecular weight is 391 g/mol. The Morgan fingerprint density at radius 3 is 2.73 bits per heavy atom. The maximum Gasteiger partial charge on any atom is 0.338 e. The molecule has 5 nitrogen and oxygen atoms in total. The molecular weight excluding hydrogens is 375 g/mol. The topological polar surface area (TPSA) is 64.4 Å². The largest absolute Gasteiger partial charge is 0.462 e. The van der Waals surface area contributed by atoms with E-state index >= 15 is 0 Å². The summed E-state index contributed by atoms with van der Waals surface area (Å²) < 4.78 is 11.0. The maximum absolute atomic E-state index is 12.1. The van der Waals surface area contributed by atoms with Crippen molar-refractivity contribution in [1.29, 1.82) is 0 Å². The molecule has 0 aliphatic rings. The molecule has 1 heterocycles. The van der Waals surface area contributed by atoms with Gasteiger partial charge in [-0.3, -0.25) is 0 Å². The van der Waals surface area contributed by atoms with Gasteiger partial charge in [0, 0.05) is 22.2 Å². The lowest BCUT2D eigenvalue weighted by Gasteiger charge is -2.04. The molecular formula is C19H16Cl2N2O3. The highest BCUT2D eigenvalue weighted by Crippen LogP contribution is 2.29. The number of hydrogen-bond donors (Lipinski definition) is 1. The number of ether oxygens (including phenoxy) is 1. The number of nitrogens with one attached hydrogen (secondary N) is 1. The van der Waals surface area contributed by atoms with Gasteiger partial charge in [0.05, 0.1) is 12.2 Å². The summed E-state index contributed by atoms with van der Waals surface area (Å²) in [5, 5.41) is 3.92. The van der Waals surface area contributed by atoms with Gasteiger partial charge in [-0.15, -0.1) is 0 Å². The van der Waals surface area contributed by atoms with E-state index in [-0.39, 0.29) is 0 Å². The van der Waals surface area contributed by atoms with Crippen molar-refractivity contribution in [3.05, 3.63) is 64.8 Å². The Hall–Kier alpha value is -2.50. The third kappa shape index (κ3) is 4.36. The number of nitrogens with zero attached hydrogens (tertiary/aromatic N) is 1. The van der Waals surface area contributed by atoms with Gasteiger partial charge in [0.25, 0.3) is 0 Å². The summed E-state index contributed by atoms with van der Waals surface area (Å²) in [4.78, 5) is 16.5. The summed E-state index contributed by atoms with van der Waals surface area (Å²) in [6.07, 6.45) is 2.30. The van der Waals surface area contributed by atoms with Gasteiger partial charge >= 0.3 is 5.97 Å². The van der Waals surface area contributed by atoms with Crippen LogP contribution in [-0.4, -0.2) is 24.1 Å². The summed E-state index contributed by atoms with van der Waals surface area (Å²) in [5.41, 5.74) is 2.18. The molecule has 1 N–H and O–H groups in total. The summed E-state index contributed by atoms with van der Waals surface area (Å²) in [5.74, 6) is -0.0281. The van der Waals surface area contributed by atoms with Crippen LogP contribution in [0.2, 0.25) is 10.0 Å². The van der Waals surface area contributed by atoms with Gasteiger partial charge in [-0.1, -0.05) is 29.8 Å². The van der Waals surface area contributed by atoms with Crippen LogP contribution in [-0.2, 0) is 4.74 Å². The Morgan fingerprint density at radius 2 is 2.00 bits per heavy atom. The van der Waals surface area contributed by atoms with Crippen LogP contribution in [0, 0.1) is 0 Å². The number of fused-ring (bicyclic) bond motifs is 1. The van der Waals surface area contributed by atoms with Crippen molar-refractivity contribution in [1.82, 2.24) is 10.3 Å². The van der Waals surface area contributed by atoms with Crippen LogP contribution < -0.4 is 5.32 Å². The van der Waals surface area contributed by atoms with Crippen LogP contribution in [0.25, 0.3) is 22.6 Å². The predicted molar refractivity (Wildman–Crippen MR) is 103 cm³/mol. The number of carbonyl (C=O) groups excluding carboxylic acids is 1. The van der Waals surface area contributed by atoms with Gasteiger partial charge in [0.2, 0.25) is 5.89 Å². The number of aromatic nitrogens is 1. The molecule has 0 atom stereocenters. The van der Waals surface area contributed by atoms with E-state index in [1.54, 1.807) is 42.6 Å². The van der Waals surface area contributed by atoms with E-state index in [9.17, 15) is 4.79 Å². The molecule has 0 bridgehead atoms. The second kappa shape index (κ2) is 8.25. The van der Waals surface area contributed by atoms with Crippen LogP contribution in [0.3, 0.4) is 0 Å². The Bertz CT molecular complexity index is 933. The van der Waals surface area contributed by atoms with Crippen molar-refractivity contribution in [3.63, 3.8) is 0 Å². The molecule has 0 aliphatic heterocycles. The minimum atomic E-state index is -0.408. The Morgan fingerprint density at radius 1 is 1.23 bits per heavy atom. The van der Waals surface area contributed by atoms with E-state index in [0.717, 1.165) is 0 Å². The quantitative estimate of drug-likeness (QED) is 0.449. The van der Waals surface area contributed by atoms with Crippen molar-refractivity contribution >= 4 is 40.3 Å². The molecule has 0 saturated carbocycles. The standard InChI is InChI=1S/C19H16Cl2N2O3/c1-2-22-6-3-7-25-19(24)12-4-5-16-17(10-12)26-18(23-16)13-8-14(20)11-15(21)9-13/h2,4-5,8-11,22H,1,3,6-7H2. The van der Waals surface area contributed by atoms with Crippen molar-refractivity contribution in [2.24, 2.45) is 0 Å². The Labute approximate surface area is 160 Å². The van der Waals surface area contributed by atoms with Crippen LogP contribution >= 0.6 is 23.2 Å². The second-order valence-electron chi connectivity index (χ2n) is 5.51. The average Bonchev–Trinajstić information content (AvgIpc) is 3.04. The first kappa shape index (κ1) is 18.3. The van der Waals surface area contributed by atoms with Crippen LogP contribution in [0.1, 0.15) is 16.8 Å². The Balaban J connectivity index is 1.76. The normalized spacial score (nSPS) is 10.7. The monoisotopic (exact) mass is 390 g/mol. The molecule has 134 valence electrons. The number of oxazole rings is 1. The molecule has 0 fully saturated rings. The van der Waals surface area contributed by atoms with Gasteiger partial charge in [0.15, 0.2) is 5.58 Å². The first-order chi connectivity index (χ1) is 12.6. The maximum atomic E-state index is 12.1. The van der Waals surface area contributed by atoms with Crippen molar-refractivity contribution < 1.29 is 13.9 Å². The number of hydrogen-bond acceptors (Lipinski definition) is 5. The highest BCUT2D eigenvalue weighted by molar-refractivity contribution is 6.35.